The lowest BCUT2D eigenvalue weighted by Gasteiger charge is -2.39. The van der Waals surface area contributed by atoms with Crippen molar-refractivity contribution < 1.29 is 9.59 Å². The molecule has 2 saturated heterocycles. The van der Waals surface area contributed by atoms with E-state index < -0.39 is 11.9 Å². The van der Waals surface area contributed by atoms with Crippen LogP contribution in [-0.4, -0.2) is 99.1 Å². The summed E-state index contributed by atoms with van der Waals surface area (Å²) in [6.45, 7) is 8.00. The van der Waals surface area contributed by atoms with Crippen molar-refractivity contribution in [1.29, 1.82) is 5.26 Å². The number of nitrogens with one attached hydrogen (secondary N) is 2. The Morgan fingerprint density at radius 3 is 2.54 bits per heavy atom. The number of imide groups is 1. The van der Waals surface area contributed by atoms with Crippen molar-refractivity contribution in [2.24, 2.45) is 13.0 Å². The lowest BCUT2D eigenvalue weighted by molar-refractivity contribution is -0.135. The van der Waals surface area contributed by atoms with Gasteiger partial charge in [-0.15, -0.1) is 5.10 Å². The third kappa shape index (κ3) is 7.95. The number of fused-ring (bicyclic) bond motifs is 2. The van der Waals surface area contributed by atoms with Crippen molar-refractivity contribution in [1.82, 2.24) is 53.8 Å². The van der Waals surface area contributed by atoms with Crippen LogP contribution in [0, 0.1) is 17.2 Å². The molecule has 0 bridgehead atoms. The molecule has 16 nitrogen and oxygen atoms in total. The molecule has 316 valence electrons. The highest BCUT2D eigenvalue weighted by atomic mass is 16.2. The van der Waals surface area contributed by atoms with E-state index >= 15 is 0 Å². The molecule has 0 radical (unpaired) electrons. The zero-order chi connectivity index (χ0) is 42.4. The van der Waals surface area contributed by atoms with Crippen molar-refractivity contribution in [3.8, 4) is 28.7 Å². The molecule has 16 heteroatoms. The standard InChI is InChI=1S/C45H53N13O3/c1-28(2)49-36-21-37(39-13-12-34-20-30(22-46)23-48-58(34)39)47-24-35(36)38-27-56(52-51-38)33-10-8-29(9-11-33)25-53(3)32-16-18-55(19-17-32)26-31-6-5-7-40-43(31)54(4)45(61)57(40)41-14-15-42(59)50-44(41)60/h5-7,12-13,20-21,23-24,27-29,32-33,41H,8-11,14-19,25-26H2,1-4H3,(H,47,49)(H,50,59,60)/t29-,33-,41?. The van der Waals surface area contributed by atoms with Gasteiger partial charge in [0.1, 0.15) is 17.8 Å². The highest BCUT2D eigenvalue weighted by Gasteiger charge is 2.33. The molecule has 2 amide bonds. The molecule has 1 unspecified atom stereocenters. The number of anilines is 1. The quantitative estimate of drug-likeness (QED) is 0.162. The van der Waals surface area contributed by atoms with Gasteiger partial charge in [-0.25, -0.2) is 14.0 Å². The molecule has 61 heavy (non-hydrogen) atoms. The fourth-order valence-electron chi connectivity index (χ4n) is 9.85. The number of imidazole rings is 1. The number of rotatable bonds is 11. The number of pyridine rings is 1. The second kappa shape index (κ2) is 16.7. The predicted molar refractivity (Wildman–Crippen MR) is 231 cm³/mol. The van der Waals surface area contributed by atoms with Crippen LogP contribution in [0.5, 0.6) is 0 Å². The predicted octanol–water partition coefficient (Wildman–Crippen LogP) is 5.31. The summed E-state index contributed by atoms with van der Waals surface area (Å²) in [4.78, 5) is 47.8. The fourth-order valence-corrected chi connectivity index (χ4v) is 9.85. The summed E-state index contributed by atoms with van der Waals surface area (Å²) in [6, 6.07) is 16.2. The minimum Gasteiger partial charge on any atom is -0.382 e. The Bertz CT molecular complexity index is 2700. The average Bonchev–Trinajstić information content (AvgIpc) is 3.98. The number of likely N-dealkylation sites (tertiary alicyclic amines) is 1. The number of piperidine rings is 2. The summed E-state index contributed by atoms with van der Waals surface area (Å²) in [5.74, 6) is -0.0645. The SMILES string of the molecule is CC(C)Nc1cc(-c2ccc3cc(C#N)cnn23)ncc1-c1cn([C@H]2CC[C@H](CN(C)C3CCN(Cc4cccc5c4n(C)c(=O)n5C4CCC(=O)NC4=O)CC3)CC2)nn1. The van der Waals surface area contributed by atoms with E-state index in [9.17, 15) is 19.6 Å². The summed E-state index contributed by atoms with van der Waals surface area (Å²) in [5, 5.41) is 29.0. The van der Waals surface area contributed by atoms with E-state index in [2.05, 4.69) is 79.8 Å². The number of benzene rings is 1. The van der Waals surface area contributed by atoms with Gasteiger partial charge in [-0.05, 0) is 121 Å². The molecule has 1 atom stereocenters. The van der Waals surface area contributed by atoms with E-state index in [1.807, 2.05) is 42.6 Å². The zero-order valence-electron chi connectivity index (χ0n) is 35.3. The first-order valence-electron chi connectivity index (χ1n) is 21.6. The number of hydrogen-bond acceptors (Lipinski definition) is 11. The van der Waals surface area contributed by atoms with E-state index in [1.54, 1.807) is 26.9 Å². The molecule has 9 rings (SSSR count). The highest BCUT2D eigenvalue weighted by Crippen LogP contribution is 2.36. The topological polar surface area (TPSA) is 176 Å². The van der Waals surface area contributed by atoms with Crippen LogP contribution in [0.15, 0.2) is 65.8 Å². The molecule has 1 aliphatic carbocycles. The number of hydrogen-bond donors (Lipinski definition) is 2. The fraction of sp³-hybridized carbons (Fsp3) is 0.467. The Hall–Kier alpha value is -6.18. The van der Waals surface area contributed by atoms with Gasteiger partial charge in [0.25, 0.3) is 0 Å². The van der Waals surface area contributed by atoms with Gasteiger partial charge in [-0.3, -0.25) is 33.9 Å². The van der Waals surface area contributed by atoms with Gasteiger partial charge in [0, 0.05) is 56.1 Å². The number of aromatic nitrogens is 8. The van der Waals surface area contributed by atoms with Crippen LogP contribution in [0.25, 0.3) is 39.2 Å². The Labute approximate surface area is 354 Å². The van der Waals surface area contributed by atoms with Crippen molar-refractivity contribution in [2.75, 3.05) is 32.0 Å². The molecule has 1 saturated carbocycles. The number of nitriles is 1. The molecule has 3 fully saturated rings. The van der Waals surface area contributed by atoms with E-state index in [0.29, 0.717) is 30.0 Å². The minimum absolute atomic E-state index is 0.192. The van der Waals surface area contributed by atoms with Gasteiger partial charge in [-0.2, -0.15) is 10.4 Å². The maximum atomic E-state index is 13.4. The molecule has 7 heterocycles. The van der Waals surface area contributed by atoms with Gasteiger partial charge in [0.05, 0.1) is 51.9 Å². The summed E-state index contributed by atoms with van der Waals surface area (Å²) in [6.07, 6.45) is 12.7. The van der Waals surface area contributed by atoms with Crippen molar-refractivity contribution in [2.45, 2.75) is 95.9 Å². The number of amides is 2. The number of carbonyl (C=O) groups excluding carboxylic acids is 2. The first kappa shape index (κ1) is 40.2. The van der Waals surface area contributed by atoms with Crippen molar-refractivity contribution >= 4 is 34.1 Å². The van der Waals surface area contributed by atoms with Crippen molar-refractivity contribution in [3.05, 3.63) is 82.7 Å². The van der Waals surface area contributed by atoms with Gasteiger partial charge in [0.2, 0.25) is 11.8 Å². The van der Waals surface area contributed by atoms with Gasteiger partial charge >= 0.3 is 5.69 Å². The second-order valence-corrected chi connectivity index (χ2v) is 17.5. The highest BCUT2D eigenvalue weighted by molar-refractivity contribution is 6.00. The van der Waals surface area contributed by atoms with E-state index in [4.69, 9.17) is 4.98 Å². The van der Waals surface area contributed by atoms with Gasteiger partial charge in [0.15, 0.2) is 0 Å². The van der Waals surface area contributed by atoms with Gasteiger partial charge in [-0.1, -0.05) is 17.3 Å². The number of carbonyl (C=O) groups is 2. The van der Waals surface area contributed by atoms with E-state index in [0.717, 1.165) is 115 Å². The molecular formula is C45H53N13O3. The summed E-state index contributed by atoms with van der Waals surface area (Å²) in [7, 11) is 4.06. The Morgan fingerprint density at radius 1 is 0.984 bits per heavy atom. The van der Waals surface area contributed by atoms with Crippen molar-refractivity contribution in [3.63, 3.8) is 0 Å². The molecule has 2 N–H and O–H groups in total. The molecule has 5 aromatic heterocycles. The van der Waals surface area contributed by atoms with Crippen LogP contribution in [0.4, 0.5) is 5.69 Å². The van der Waals surface area contributed by atoms with Crippen LogP contribution >= 0.6 is 0 Å². The zero-order valence-corrected chi connectivity index (χ0v) is 35.3. The second-order valence-electron chi connectivity index (χ2n) is 17.5. The lowest BCUT2D eigenvalue weighted by atomic mass is 9.85. The Kier molecular flexibility index (Phi) is 11.0. The largest absolute Gasteiger partial charge is 0.382 e. The summed E-state index contributed by atoms with van der Waals surface area (Å²) >= 11 is 0. The first-order chi connectivity index (χ1) is 29.5. The summed E-state index contributed by atoms with van der Waals surface area (Å²) in [5.41, 5.74) is 8.02. The third-order valence-electron chi connectivity index (χ3n) is 13.0. The average molecular weight is 824 g/mol. The van der Waals surface area contributed by atoms with E-state index in [1.165, 1.54) is 0 Å². The minimum atomic E-state index is -0.687. The van der Waals surface area contributed by atoms with Crippen LogP contribution in [0.1, 0.15) is 88.4 Å². The van der Waals surface area contributed by atoms with E-state index in [-0.39, 0.29) is 24.1 Å². The molecule has 2 aliphatic heterocycles. The Balaban J connectivity index is 0.791. The lowest BCUT2D eigenvalue weighted by Crippen LogP contribution is -2.44. The maximum Gasteiger partial charge on any atom is 0.329 e. The maximum absolute atomic E-state index is 13.4. The van der Waals surface area contributed by atoms with Crippen LogP contribution < -0.4 is 16.3 Å². The number of para-hydroxylation sites is 1. The molecule has 6 aromatic rings. The van der Waals surface area contributed by atoms with Crippen LogP contribution in [-0.2, 0) is 23.2 Å². The van der Waals surface area contributed by atoms with Gasteiger partial charge < -0.3 is 10.2 Å². The number of nitrogens with zero attached hydrogens (tertiary/aromatic N) is 11. The number of aryl methyl sites for hydroxylation is 1. The summed E-state index contributed by atoms with van der Waals surface area (Å²) < 4.78 is 7.08. The third-order valence-corrected chi connectivity index (χ3v) is 13.0. The molecule has 1 aromatic carbocycles. The molecule has 3 aliphatic rings. The van der Waals surface area contributed by atoms with Crippen LogP contribution in [0.3, 0.4) is 0 Å². The van der Waals surface area contributed by atoms with Crippen LogP contribution in [0.2, 0.25) is 0 Å². The smallest absolute Gasteiger partial charge is 0.329 e. The first-order valence-corrected chi connectivity index (χ1v) is 21.6. The monoisotopic (exact) mass is 823 g/mol. The Morgan fingerprint density at radius 2 is 1.79 bits per heavy atom. The molecular weight excluding hydrogens is 771 g/mol. The molecule has 0 spiro atoms. The normalized spacial score (nSPS) is 20.5.